The highest BCUT2D eigenvalue weighted by molar-refractivity contribution is 9.10. The van der Waals surface area contributed by atoms with Gasteiger partial charge < -0.3 is 5.11 Å². The van der Waals surface area contributed by atoms with Crippen LogP contribution in [0.5, 0.6) is 0 Å². The molecule has 0 atom stereocenters. The van der Waals surface area contributed by atoms with E-state index in [2.05, 4.69) is 15.9 Å². The average molecular weight is 273 g/mol. The van der Waals surface area contributed by atoms with Crippen LogP contribution in [0.25, 0.3) is 0 Å². The quantitative estimate of drug-likeness (QED) is 0.828. The summed E-state index contributed by atoms with van der Waals surface area (Å²) in [6.07, 6.45) is 3.28. The highest BCUT2D eigenvalue weighted by atomic mass is 79.9. The van der Waals surface area contributed by atoms with Crippen LogP contribution in [0.4, 0.5) is 4.39 Å². The molecule has 1 saturated carbocycles. The van der Waals surface area contributed by atoms with Crippen molar-refractivity contribution < 1.29 is 9.50 Å². The first kappa shape index (κ1) is 11.1. The van der Waals surface area contributed by atoms with Gasteiger partial charge in [0.1, 0.15) is 5.82 Å². The summed E-state index contributed by atoms with van der Waals surface area (Å²) in [6, 6.07) is 3.49. The molecular formula is C12H14BrFO. The van der Waals surface area contributed by atoms with Crippen LogP contribution in [0.2, 0.25) is 0 Å². The lowest BCUT2D eigenvalue weighted by molar-refractivity contribution is 0.0406. The molecule has 1 aromatic carbocycles. The Morgan fingerprint density at radius 3 is 2.53 bits per heavy atom. The van der Waals surface area contributed by atoms with Crippen molar-refractivity contribution in [3.8, 4) is 0 Å². The van der Waals surface area contributed by atoms with Crippen molar-refractivity contribution in [3.63, 3.8) is 0 Å². The van der Waals surface area contributed by atoms with E-state index in [4.69, 9.17) is 0 Å². The summed E-state index contributed by atoms with van der Waals surface area (Å²) in [4.78, 5) is 0. The fraction of sp³-hybridized carbons (Fsp3) is 0.500. The molecule has 0 radical (unpaired) electrons. The van der Waals surface area contributed by atoms with E-state index in [1.54, 1.807) is 12.1 Å². The van der Waals surface area contributed by atoms with Gasteiger partial charge in [0, 0.05) is 5.56 Å². The van der Waals surface area contributed by atoms with Crippen LogP contribution in [0.3, 0.4) is 0 Å². The second kappa shape index (κ2) is 3.87. The summed E-state index contributed by atoms with van der Waals surface area (Å²) in [5, 5.41) is 10.3. The Labute approximate surface area is 97.4 Å². The number of hydrogen-bond acceptors (Lipinski definition) is 1. The summed E-state index contributed by atoms with van der Waals surface area (Å²) in [5.74, 6) is -0.315. The molecule has 1 aliphatic rings. The summed E-state index contributed by atoms with van der Waals surface area (Å²) >= 11 is 3.18. The molecule has 0 bridgehead atoms. The second-order valence-corrected chi connectivity index (χ2v) is 5.20. The Morgan fingerprint density at radius 1 is 1.33 bits per heavy atom. The molecule has 0 aliphatic heterocycles. The third kappa shape index (κ3) is 1.95. The van der Waals surface area contributed by atoms with Crippen LogP contribution in [-0.2, 0) is 5.60 Å². The van der Waals surface area contributed by atoms with E-state index in [9.17, 15) is 9.50 Å². The van der Waals surface area contributed by atoms with Crippen LogP contribution in [0.15, 0.2) is 16.6 Å². The number of aryl methyl sites for hydroxylation is 1. The maximum Gasteiger partial charge on any atom is 0.143 e. The zero-order valence-corrected chi connectivity index (χ0v) is 10.3. The summed E-state index contributed by atoms with van der Waals surface area (Å²) in [6.45, 7) is 1.91. The topological polar surface area (TPSA) is 20.2 Å². The molecule has 1 nitrogen and oxygen atoms in total. The molecule has 3 heteroatoms. The molecule has 1 aliphatic carbocycles. The van der Waals surface area contributed by atoms with Gasteiger partial charge in [-0.05, 0) is 47.3 Å². The number of aliphatic hydroxyl groups is 1. The van der Waals surface area contributed by atoms with Crippen molar-refractivity contribution in [1.82, 2.24) is 0 Å². The predicted molar refractivity (Wildman–Crippen MR) is 61.2 cm³/mol. The lowest BCUT2D eigenvalue weighted by Gasteiger charge is -2.24. The van der Waals surface area contributed by atoms with Crippen LogP contribution in [0.1, 0.15) is 36.8 Å². The van der Waals surface area contributed by atoms with Crippen molar-refractivity contribution in [3.05, 3.63) is 33.5 Å². The Kier molecular flexibility index (Phi) is 2.86. The van der Waals surface area contributed by atoms with Crippen molar-refractivity contribution in [2.24, 2.45) is 0 Å². The van der Waals surface area contributed by atoms with E-state index in [0.29, 0.717) is 22.9 Å². The van der Waals surface area contributed by atoms with Gasteiger partial charge in [-0.2, -0.15) is 0 Å². The molecular weight excluding hydrogens is 259 g/mol. The number of hydrogen-bond donors (Lipinski definition) is 1. The molecule has 0 saturated heterocycles. The summed E-state index contributed by atoms with van der Waals surface area (Å²) in [5.41, 5.74) is 0.476. The van der Waals surface area contributed by atoms with Gasteiger partial charge in [0.15, 0.2) is 0 Å². The zero-order chi connectivity index (χ0) is 11.1. The van der Waals surface area contributed by atoms with Crippen LogP contribution in [0, 0.1) is 12.7 Å². The molecule has 1 aromatic rings. The van der Waals surface area contributed by atoms with Gasteiger partial charge in [-0.1, -0.05) is 18.9 Å². The van der Waals surface area contributed by atoms with Gasteiger partial charge in [0.05, 0.1) is 10.1 Å². The van der Waals surface area contributed by atoms with Crippen LogP contribution >= 0.6 is 15.9 Å². The molecule has 0 aromatic heterocycles. The van der Waals surface area contributed by atoms with Crippen molar-refractivity contribution >= 4 is 15.9 Å². The Hall–Kier alpha value is -0.410. The van der Waals surface area contributed by atoms with Crippen molar-refractivity contribution in [1.29, 1.82) is 0 Å². The Balaban J connectivity index is 2.51. The third-order valence-electron chi connectivity index (χ3n) is 3.10. The van der Waals surface area contributed by atoms with E-state index >= 15 is 0 Å². The average Bonchev–Trinajstić information content (AvgIpc) is 2.59. The number of rotatable bonds is 1. The molecule has 0 unspecified atom stereocenters. The Bertz CT molecular complexity index is 383. The zero-order valence-electron chi connectivity index (χ0n) is 8.69. The lowest BCUT2D eigenvalue weighted by Crippen LogP contribution is -2.23. The maximum atomic E-state index is 13.9. The van der Waals surface area contributed by atoms with Crippen molar-refractivity contribution in [2.45, 2.75) is 38.2 Å². The molecule has 82 valence electrons. The molecule has 1 N–H and O–H groups in total. The van der Waals surface area contributed by atoms with Gasteiger partial charge in [-0.25, -0.2) is 4.39 Å². The normalized spacial score (nSPS) is 19.5. The van der Waals surface area contributed by atoms with E-state index < -0.39 is 5.60 Å². The highest BCUT2D eigenvalue weighted by Gasteiger charge is 2.35. The van der Waals surface area contributed by atoms with E-state index in [1.165, 1.54) is 0 Å². The summed E-state index contributed by atoms with van der Waals surface area (Å²) < 4.78 is 14.3. The molecule has 15 heavy (non-hydrogen) atoms. The smallest absolute Gasteiger partial charge is 0.143 e. The molecule has 1 fully saturated rings. The van der Waals surface area contributed by atoms with E-state index in [1.807, 2.05) is 6.92 Å². The van der Waals surface area contributed by atoms with Gasteiger partial charge in [0.25, 0.3) is 0 Å². The fourth-order valence-electron chi connectivity index (χ4n) is 2.29. The minimum atomic E-state index is -0.946. The monoisotopic (exact) mass is 272 g/mol. The maximum absolute atomic E-state index is 13.9. The van der Waals surface area contributed by atoms with Crippen LogP contribution < -0.4 is 0 Å². The largest absolute Gasteiger partial charge is 0.385 e. The van der Waals surface area contributed by atoms with Crippen LogP contribution in [-0.4, -0.2) is 5.11 Å². The lowest BCUT2D eigenvalue weighted by atomic mass is 9.91. The molecule has 0 spiro atoms. The fourth-order valence-corrected chi connectivity index (χ4v) is 2.87. The third-order valence-corrected chi connectivity index (χ3v) is 3.68. The minimum absolute atomic E-state index is 0.315. The first-order valence-corrected chi connectivity index (χ1v) is 6.01. The van der Waals surface area contributed by atoms with Gasteiger partial charge in [-0.3, -0.25) is 0 Å². The first-order chi connectivity index (χ1) is 7.03. The van der Waals surface area contributed by atoms with Crippen molar-refractivity contribution in [2.75, 3.05) is 0 Å². The minimum Gasteiger partial charge on any atom is -0.385 e. The van der Waals surface area contributed by atoms with Gasteiger partial charge >= 0.3 is 0 Å². The standard InChI is InChI=1S/C12H14BrFO/c1-8-6-9(11(14)10(13)7-8)12(15)4-2-3-5-12/h6-7,15H,2-5H2,1H3. The first-order valence-electron chi connectivity index (χ1n) is 5.21. The number of halogens is 2. The second-order valence-electron chi connectivity index (χ2n) is 4.35. The van der Waals surface area contributed by atoms with E-state index in [0.717, 1.165) is 18.4 Å². The Morgan fingerprint density at radius 2 is 1.93 bits per heavy atom. The highest BCUT2D eigenvalue weighted by Crippen LogP contribution is 2.41. The molecule has 0 amide bonds. The molecule has 0 heterocycles. The predicted octanol–water partition coefficient (Wildman–Crippen LogP) is 3.66. The summed E-state index contributed by atoms with van der Waals surface area (Å²) in [7, 11) is 0. The van der Waals surface area contributed by atoms with E-state index in [-0.39, 0.29) is 5.82 Å². The SMILES string of the molecule is Cc1cc(Br)c(F)c(C2(O)CCCC2)c1. The molecule has 2 rings (SSSR count). The van der Waals surface area contributed by atoms with Gasteiger partial charge in [0.2, 0.25) is 0 Å². The van der Waals surface area contributed by atoms with Gasteiger partial charge in [-0.15, -0.1) is 0 Å². The number of benzene rings is 1.